The lowest BCUT2D eigenvalue weighted by Gasteiger charge is -2.12. The first-order valence-electron chi connectivity index (χ1n) is 5.84. The Kier molecular flexibility index (Phi) is 2.26. The average molecular weight is 229 g/mol. The molecule has 0 spiro atoms. The molecule has 4 heteroatoms. The van der Waals surface area contributed by atoms with Gasteiger partial charge >= 0.3 is 0 Å². The molecule has 2 aromatic rings. The Morgan fingerprint density at radius 3 is 2.82 bits per heavy atom. The van der Waals surface area contributed by atoms with Gasteiger partial charge in [-0.05, 0) is 31.9 Å². The van der Waals surface area contributed by atoms with Crippen molar-refractivity contribution >= 4 is 0 Å². The number of aromatic amines is 1. The molecular formula is C13H15N3O. The van der Waals surface area contributed by atoms with Crippen LogP contribution in [0.4, 0.5) is 0 Å². The van der Waals surface area contributed by atoms with E-state index in [1.165, 1.54) is 0 Å². The first-order valence-corrected chi connectivity index (χ1v) is 5.84. The second-order valence-electron chi connectivity index (χ2n) is 4.76. The number of aliphatic hydroxyl groups excluding tert-OH is 1. The van der Waals surface area contributed by atoms with Crippen LogP contribution in [0.15, 0.2) is 24.5 Å². The van der Waals surface area contributed by atoms with Crippen LogP contribution in [0.5, 0.6) is 0 Å². The van der Waals surface area contributed by atoms with Crippen LogP contribution < -0.4 is 0 Å². The average Bonchev–Trinajstić information content (AvgIpc) is 2.94. The second kappa shape index (κ2) is 3.67. The van der Waals surface area contributed by atoms with E-state index in [0.717, 1.165) is 35.6 Å². The number of aromatic nitrogens is 3. The van der Waals surface area contributed by atoms with Crippen LogP contribution in [0, 0.1) is 6.92 Å². The van der Waals surface area contributed by atoms with Crippen molar-refractivity contribution in [1.82, 2.24) is 15.0 Å². The zero-order chi connectivity index (χ0) is 11.9. The van der Waals surface area contributed by atoms with Gasteiger partial charge in [-0.2, -0.15) is 0 Å². The minimum absolute atomic E-state index is 0.142. The Balaban J connectivity index is 2.07. The molecule has 0 aliphatic heterocycles. The van der Waals surface area contributed by atoms with Crippen molar-refractivity contribution in [2.75, 3.05) is 6.61 Å². The van der Waals surface area contributed by atoms with Gasteiger partial charge in [-0.15, -0.1) is 0 Å². The van der Waals surface area contributed by atoms with Gasteiger partial charge in [0.15, 0.2) is 0 Å². The summed E-state index contributed by atoms with van der Waals surface area (Å²) in [4.78, 5) is 12.1. The summed E-state index contributed by atoms with van der Waals surface area (Å²) in [5.74, 6) is 0.788. The highest BCUT2D eigenvalue weighted by Crippen LogP contribution is 2.46. The maximum Gasteiger partial charge on any atom is 0.137 e. The molecule has 2 aromatic heterocycles. The number of nitrogens with one attached hydrogen (secondary N) is 1. The van der Waals surface area contributed by atoms with Gasteiger partial charge in [-0.25, -0.2) is 9.97 Å². The van der Waals surface area contributed by atoms with E-state index in [1.807, 2.05) is 31.5 Å². The zero-order valence-electron chi connectivity index (χ0n) is 9.77. The molecule has 88 valence electrons. The third-order valence-corrected chi connectivity index (χ3v) is 3.38. The minimum Gasteiger partial charge on any atom is -0.395 e. The number of nitrogens with zero attached hydrogens (tertiary/aromatic N) is 2. The minimum atomic E-state index is -0.170. The molecular weight excluding hydrogens is 214 g/mol. The first kappa shape index (κ1) is 10.5. The van der Waals surface area contributed by atoms with Crippen molar-refractivity contribution < 1.29 is 5.11 Å². The molecule has 0 atom stereocenters. The van der Waals surface area contributed by atoms with Crippen molar-refractivity contribution in [1.29, 1.82) is 0 Å². The molecule has 4 nitrogen and oxygen atoms in total. The SMILES string of the molecule is Cc1cc(-c2cc[nH]c2)nc(C2(CO)CC2)n1. The molecule has 0 aromatic carbocycles. The van der Waals surface area contributed by atoms with E-state index in [2.05, 4.69) is 15.0 Å². The molecule has 0 radical (unpaired) electrons. The summed E-state index contributed by atoms with van der Waals surface area (Å²) >= 11 is 0. The number of aryl methyl sites for hydroxylation is 1. The van der Waals surface area contributed by atoms with E-state index in [0.29, 0.717) is 0 Å². The van der Waals surface area contributed by atoms with Gasteiger partial charge in [-0.3, -0.25) is 0 Å². The molecule has 1 fully saturated rings. The summed E-state index contributed by atoms with van der Waals surface area (Å²) in [6, 6.07) is 3.96. The quantitative estimate of drug-likeness (QED) is 0.843. The standard InChI is InChI=1S/C13H15N3O/c1-9-6-11(10-2-5-14-7-10)16-12(15-9)13(8-17)3-4-13/h2,5-7,14,17H,3-4,8H2,1H3. The Hall–Kier alpha value is -1.68. The van der Waals surface area contributed by atoms with E-state index in [4.69, 9.17) is 0 Å². The van der Waals surface area contributed by atoms with Crippen LogP contribution in [0.1, 0.15) is 24.4 Å². The summed E-state index contributed by atoms with van der Waals surface area (Å²) in [7, 11) is 0. The fourth-order valence-electron chi connectivity index (χ4n) is 2.04. The third kappa shape index (κ3) is 1.74. The van der Waals surface area contributed by atoms with Crippen LogP contribution in [0.3, 0.4) is 0 Å². The lowest BCUT2D eigenvalue weighted by Crippen LogP contribution is -2.17. The lowest BCUT2D eigenvalue weighted by atomic mass is 10.1. The maximum atomic E-state index is 9.44. The van der Waals surface area contributed by atoms with Crippen molar-refractivity contribution in [3.05, 3.63) is 36.0 Å². The summed E-state index contributed by atoms with van der Waals surface area (Å²) in [6.45, 7) is 2.11. The van der Waals surface area contributed by atoms with Crippen LogP contribution in [0.25, 0.3) is 11.3 Å². The van der Waals surface area contributed by atoms with Gasteiger partial charge in [0.1, 0.15) is 5.82 Å². The lowest BCUT2D eigenvalue weighted by molar-refractivity contribution is 0.249. The number of aliphatic hydroxyl groups is 1. The Bertz CT molecular complexity index is 530. The Labute approximate surface area is 99.8 Å². The van der Waals surface area contributed by atoms with Crippen LogP contribution >= 0.6 is 0 Å². The van der Waals surface area contributed by atoms with E-state index < -0.39 is 0 Å². The van der Waals surface area contributed by atoms with Crippen LogP contribution in [-0.2, 0) is 5.41 Å². The highest BCUT2D eigenvalue weighted by molar-refractivity contribution is 5.58. The summed E-state index contributed by atoms with van der Waals surface area (Å²) in [5, 5.41) is 9.44. The maximum absolute atomic E-state index is 9.44. The van der Waals surface area contributed by atoms with Gasteiger partial charge in [0.2, 0.25) is 0 Å². The van der Waals surface area contributed by atoms with Crippen molar-refractivity contribution in [3.8, 4) is 11.3 Å². The predicted octanol–water partition coefficient (Wildman–Crippen LogP) is 1.80. The molecule has 1 aliphatic rings. The molecule has 3 rings (SSSR count). The fraction of sp³-hybridized carbons (Fsp3) is 0.385. The molecule has 1 saturated carbocycles. The summed E-state index contributed by atoms with van der Waals surface area (Å²) in [5.41, 5.74) is 2.77. The summed E-state index contributed by atoms with van der Waals surface area (Å²) in [6.07, 6.45) is 5.77. The number of H-pyrrole nitrogens is 1. The topological polar surface area (TPSA) is 61.8 Å². The largest absolute Gasteiger partial charge is 0.395 e. The first-order chi connectivity index (χ1) is 8.23. The van der Waals surface area contributed by atoms with Gasteiger partial charge in [0.05, 0.1) is 17.7 Å². The fourth-order valence-corrected chi connectivity index (χ4v) is 2.04. The molecule has 0 unspecified atom stereocenters. The van der Waals surface area contributed by atoms with E-state index >= 15 is 0 Å². The van der Waals surface area contributed by atoms with Crippen molar-refractivity contribution in [3.63, 3.8) is 0 Å². The van der Waals surface area contributed by atoms with Gasteiger partial charge in [0.25, 0.3) is 0 Å². The zero-order valence-corrected chi connectivity index (χ0v) is 9.77. The number of hydrogen-bond acceptors (Lipinski definition) is 3. The van der Waals surface area contributed by atoms with E-state index in [-0.39, 0.29) is 12.0 Å². The normalized spacial score (nSPS) is 17.1. The number of rotatable bonds is 3. The van der Waals surface area contributed by atoms with Crippen LogP contribution in [0.2, 0.25) is 0 Å². The molecule has 1 aliphatic carbocycles. The third-order valence-electron chi connectivity index (χ3n) is 3.38. The molecule has 2 N–H and O–H groups in total. The molecule has 2 heterocycles. The van der Waals surface area contributed by atoms with E-state index in [9.17, 15) is 5.11 Å². The van der Waals surface area contributed by atoms with Crippen molar-refractivity contribution in [2.45, 2.75) is 25.2 Å². The Morgan fingerprint density at radius 1 is 1.41 bits per heavy atom. The van der Waals surface area contributed by atoms with E-state index in [1.54, 1.807) is 0 Å². The number of hydrogen-bond donors (Lipinski definition) is 2. The van der Waals surface area contributed by atoms with Gasteiger partial charge in [0, 0.05) is 23.7 Å². The smallest absolute Gasteiger partial charge is 0.137 e. The van der Waals surface area contributed by atoms with Gasteiger partial charge < -0.3 is 10.1 Å². The summed E-state index contributed by atoms with van der Waals surface area (Å²) < 4.78 is 0. The highest BCUT2D eigenvalue weighted by Gasteiger charge is 2.46. The molecule has 0 bridgehead atoms. The van der Waals surface area contributed by atoms with Gasteiger partial charge in [-0.1, -0.05) is 0 Å². The Morgan fingerprint density at radius 2 is 2.24 bits per heavy atom. The van der Waals surface area contributed by atoms with Crippen molar-refractivity contribution in [2.24, 2.45) is 0 Å². The molecule has 0 saturated heterocycles. The monoisotopic (exact) mass is 229 g/mol. The highest BCUT2D eigenvalue weighted by atomic mass is 16.3. The molecule has 17 heavy (non-hydrogen) atoms. The van der Waals surface area contributed by atoms with Crippen LogP contribution in [-0.4, -0.2) is 26.7 Å². The molecule has 0 amide bonds. The second-order valence-corrected chi connectivity index (χ2v) is 4.76. The predicted molar refractivity (Wildman–Crippen MR) is 64.6 cm³/mol.